The first-order chi connectivity index (χ1) is 13.6. The molecule has 0 radical (unpaired) electrons. The lowest BCUT2D eigenvalue weighted by Crippen LogP contribution is -2.32. The summed E-state index contributed by atoms with van der Waals surface area (Å²) >= 11 is 1.42. The molecule has 2 aromatic rings. The topological polar surface area (TPSA) is 84.1 Å². The number of allylic oxidation sites excluding steroid dienone is 2. The van der Waals surface area contributed by atoms with Crippen molar-refractivity contribution in [1.82, 2.24) is 9.97 Å². The number of rotatable bonds is 5. The lowest BCUT2D eigenvalue weighted by Gasteiger charge is -2.32. The number of benzene rings is 1. The predicted octanol–water partition coefficient (Wildman–Crippen LogP) is 3.62. The van der Waals surface area contributed by atoms with Gasteiger partial charge in [0.1, 0.15) is 11.6 Å². The van der Waals surface area contributed by atoms with Crippen LogP contribution in [-0.2, 0) is 4.79 Å². The highest BCUT2D eigenvalue weighted by molar-refractivity contribution is 7.99. The van der Waals surface area contributed by atoms with Crippen molar-refractivity contribution in [3.05, 3.63) is 69.7 Å². The fraction of sp³-hybridized carbons (Fsp3) is 0.286. The number of ketones is 1. The van der Waals surface area contributed by atoms with E-state index in [1.807, 2.05) is 24.3 Å². The van der Waals surface area contributed by atoms with Crippen LogP contribution in [0.25, 0.3) is 0 Å². The van der Waals surface area contributed by atoms with Crippen molar-refractivity contribution in [2.24, 2.45) is 0 Å². The summed E-state index contributed by atoms with van der Waals surface area (Å²) < 4.78 is 5.25. The maximum atomic E-state index is 13.0. The van der Waals surface area contributed by atoms with Gasteiger partial charge in [-0.05, 0) is 30.5 Å². The average molecular weight is 395 g/mol. The Labute approximate surface area is 167 Å². The zero-order valence-electron chi connectivity index (χ0n) is 15.6. The number of thioether (sulfide) groups is 1. The molecule has 4 rings (SSSR count). The van der Waals surface area contributed by atoms with Crippen molar-refractivity contribution in [1.29, 1.82) is 0 Å². The van der Waals surface area contributed by atoms with Crippen LogP contribution in [-0.4, -0.2) is 28.6 Å². The second-order valence-corrected chi connectivity index (χ2v) is 7.74. The molecule has 1 aromatic carbocycles. The first kappa shape index (κ1) is 18.6. The standard InChI is InChI=1S/C21H21N3O3S/c1-3-11-28-21-23-19-18(20(26)24-21)16(12-7-9-13(27-2)10-8-12)17-14(22-19)5-4-6-15(17)25/h3,7-10,16H,1,4-6,11H2,2H3,(H2,22,23,24,26). The van der Waals surface area contributed by atoms with Crippen molar-refractivity contribution >= 4 is 23.4 Å². The maximum absolute atomic E-state index is 13.0. The predicted molar refractivity (Wildman–Crippen MR) is 110 cm³/mol. The number of fused-ring (bicyclic) bond motifs is 1. The third-order valence-corrected chi connectivity index (χ3v) is 5.89. The molecule has 1 unspecified atom stereocenters. The van der Waals surface area contributed by atoms with E-state index in [0.29, 0.717) is 34.3 Å². The van der Waals surface area contributed by atoms with E-state index in [1.54, 1.807) is 13.2 Å². The Morgan fingerprint density at radius 3 is 2.79 bits per heavy atom. The van der Waals surface area contributed by atoms with Gasteiger partial charge in [0.25, 0.3) is 5.56 Å². The number of carbonyl (C=O) groups is 1. The van der Waals surface area contributed by atoms with Gasteiger partial charge >= 0.3 is 0 Å². The summed E-state index contributed by atoms with van der Waals surface area (Å²) in [6, 6.07) is 7.51. The van der Waals surface area contributed by atoms with Gasteiger partial charge in [-0.2, -0.15) is 0 Å². The highest BCUT2D eigenvalue weighted by Gasteiger charge is 2.37. The number of methoxy groups -OCH3 is 1. The summed E-state index contributed by atoms with van der Waals surface area (Å²) in [5.41, 5.74) is 2.70. The largest absolute Gasteiger partial charge is 0.497 e. The van der Waals surface area contributed by atoms with Crippen LogP contribution in [0.4, 0.5) is 5.82 Å². The summed E-state index contributed by atoms with van der Waals surface area (Å²) in [4.78, 5) is 33.3. The smallest absolute Gasteiger partial charge is 0.257 e. The molecule has 28 heavy (non-hydrogen) atoms. The van der Waals surface area contributed by atoms with E-state index in [4.69, 9.17) is 4.74 Å². The molecule has 0 bridgehead atoms. The molecular weight excluding hydrogens is 374 g/mol. The molecule has 0 fully saturated rings. The molecule has 2 heterocycles. The van der Waals surface area contributed by atoms with Gasteiger partial charge in [-0.15, -0.1) is 6.58 Å². The van der Waals surface area contributed by atoms with Crippen LogP contribution >= 0.6 is 11.8 Å². The van der Waals surface area contributed by atoms with Gasteiger partial charge in [0.15, 0.2) is 10.9 Å². The van der Waals surface area contributed by atoms with E-state index in [-0.39, 0.29) is 11.3 Å². The molecule has 1 aliphatic heterocycles. The van der Waals surface area contributed by atoms with Gasteiger partial charge in [0, 0.05) is 29.4 Å². The number of aromatic amines is 1. The van der Waals surface area contributed by atoms with E-state index in [1.165, 1.54) is 11.8 Å². The molecule has 1 aliphatic carbocycles. The van der Waals surface area contributed by atoms with E-state index in [2.05, 4.69) is 21.9 Å². The second-order valence-electron chi connectivity index (χ2n) is 6.73. The minimum atomic E-state index is -0.431. The van der Waals surface area contributed by atoms with Crippen LogP contribution in [0.3, 0.4) is 0 Å². The summed E-state index contributed by atoms with van der Waals surface area (Å²) in [7, 11) is 1.61. The van der Waals surface area contributed by atoms with Crippen LogP contribution < -0.4 is 15.6 Å². The van der Waals surface area contributed by atoms with Gasteiger partial charge in [-0.1, -0.05) is 30.0 Å². The maximum Gasteiger partial charge on any atom is 0.257 e. The third kappa shape index (κ3) is 3.26. The molecule has 2 N–H and O–H groups in total. The molecule has 0 saturated heterocycles. The number of ether oxygens (including phenoxy) is 1. The molecule has 1 atom stereocenters. The summed E-state index contributed by atoms with van der Waals surface area (Å²) in [6.07, 6.45) is 3.84. The van der Waals surface area contributed by atoms with Crippen LogP contribution in [0, 0.1) is 0 Å². The number of aromatic nitrogens is 2. The summed E-state index contributed by atoms with van der Waals surface area (Å²) in [6.45, 7) is 3.70. The highest BCUT2D eigenvalue weighted by Crippen LogP contribution is 2.43. The van der Waals surface area contributed by atoms with Crippen LogP contribution in [0.15, 0.2) is 58.1 Å². The minimum absolute atomic E-state index is 0.0877. The third-order valence-electron chi connectivity index (χ3n) is 5.02. The Bertz CT molecular complexity index is 1020. The number of nitrogens with one attached hydrogen (secondary N) is 2. The van der Waals surface area contributed by atoms with Gasteiger partial charge in [-0.3, -0.25) is 9.59 Å². The number of Topliss-reactive ketones (excluding diaryl/α,β-unsaturated/α-hetero) is 1. The molecule has 0 saturated carbocycles. The number of nitrogens with zero attached hydrogens (tertiary/aromatic N) is 1. The van der Waals surface area contributed by atoms with Crippen molar-refractivity contribution in [3.8, 4) is 5.75 Å². The normalized spacial score (nSPS) is 18.2. The first-order valence-electron chi connectivity index (χ1n) is 9.17. The molecule has 0 amide bonds. The number of H-pyrrole nitrogens is 1. The number of hydrogen-bond acceptors (Lipinski definition) is 6. The highest BCUT2D eigenvalue weighted by atomic mass is 32.2. The second kappa shape index (κ2) is 7.67. The number of anilines is 1. The lowest BCUT2D eigenvalue weighted by atomic mass is 9.76. The summed E-state index contributed by atoms with van der Waals surface area (Å²) in [5.74, 6) is 1.56. The monoisotopic (exact) mass is 395 g/mol. The number of hydrogen-bond donors (Lipinski definition) is 2. The van der Waals surface area contributed by atoms with Crippen molar-refractivity contribution < 1.29 is 9.53 Å². The van der Waals surface area contributed by atoms with Gasteiger partial charge in [0.05, 0.1) is 12.7 Å². The van der Waals surface area contributed by atoms with E-state index >= 15 is 0 Å². The zero-order valence-corrected chi connectivity index (χ0v) is 16.4. The van der Waals surface area contributed by atoms with Crippen molar-refractivity contribution in [2.45, 2.75) is 30.3 Å². The van der Waals surface area contributed by atoms with Gasteiger partial charge < -0.3 is 15.0 Å². The van der Waals surface area contributed by atoms with Crippen molar-refractivity contribution in [3.63, 3.8) is 0 Å². The molecular formula is C21H21N3O3S. The zero-order chi connectivity index (χ0) is 19.7. The van der Waals surface area contributed by atoms with Crippen LogP contribution in [0.2, 0.25) is 0 Å². The van der Waals surface area contributed by atoms with E-state index in [9.17, 15) is 9.59 Å². The van der Waals surface area contributed by atoms with E-state index < -0.39 is 5.92 Å². The Morgan fingerprint density at radius 1 is 1.29 bits per heavy atom. The molecule has 1 aromatic heterocycles. The van der Waals surface area contributed by atoms with Crippen molar-refractivity contribution in [2.75, 3.05) is 18.2 Å². The van der Waals surface area contributed by atoms with Gasteiger partial charge in [0.2, 0.25) is 0 Å². The minimum Gasteiger partial charge on any atom is -0.497 e. The van der Waals surface area contributed by atoms with Gasteiger partial charge in [-0.25, -0.2) is 4.98 Å². The Hall–Kier alpha value is -2.80. The molecule has 0 spiro atoms. The SMILES string of the molecule is C=CCSc1nc2c(c(=O)[nH]1)C(c1ccc(OC)cc1)C1=C(CCCC1=O)N2. The average Bonchev–Trinajstić information content (AvgIpc) is 2.71. The molecule has 7 heteroatoms. The molecule has 2 aliphatic rings. The van der Waals surface area contributed by atoms with Crippen LogP contribution in [0.5, 0.6) is 5.75 Å². The summed E-state index contributed by atoms with van der Waals surface area (Å²) in [5, 5.41) is 3.81. The first-order valence-corrected chi connectivity index (χ1v) is 10.2. The Balaban J connectivity index is 1.88. The van der Waals surface area contributed by atoms with E-state index in [0.717, 1.165) is 29.9 Å². The molecule has 144 valence electrons. The number of carbonyl (C=O) groups excluding carboxylic acids is 1. The van der Waals surface area contributed by atoms with Crippen LogP contribution in [0.1, 0.15) is 36.3 Å². The Morgan fingerprint density at radius 2 is 2.07 bits per heavy atom. The fourth-order valence-corrected chi connectivity index (χ4v) is 4.37. The quantitative estimate of drug-likeness (QED) is 0.457. The fourth-order valence-electron chi connectivity index (χ4n) is 3.78. The Kier molecular flexibility index (Phi) is 5.09. The lowest BCUT2D eigenvalue weighted by molar-refractivity contribution is -0.116. The molecule has 6 nitrogen and oxygen atoms in total.